The normalized spacial score (nSPS) is 12.5. The van der Waals surface area contributed by atoms with E-state index in [-0.39, 0.29) is 6.03 Å². The Kier molecular flexibility index (Phi) is 4.52. The summed E-state index contributed by atoms with van der Waals surface area (Å²) in [7, 11) is 3.33. The van der Waals surface area contributed by atoms with Gasteiger partial charge in [0.1, 0.15) is 30.5 Å². The summed E-state index contributed by atoms with van der Waals surface area (Å²) in [5, 5.41) is 15.9. The van der Waals surface area contributed by atoms with Crippen LogP contribution in [0.25, 0.3) is 5.65 Å². The number of rotatable bonds is 4. The Morgan fingerprint density at radius 1 is 1.14 bits per heavy atom. The van der Waals surface area contributed by atoms with Crippen LogP contribution >= 0.6 is 0 Å². The van der Waals surface area contributed by atoms with Crippen LogP contribution in [-0.2, 0) is 0 Å². The molecular weight excluding hydrogens is 362 g/mol. The summed E-state index contributed by atoms with van der Waals surface area (Å²) in [5.74, 6) is 2.63. The van der Waals surface area contributed by atoms with Gasteiger partial charge in [0.25, 0.3) is 0 Å². The molecule has 2 amide bonds. The van der Waals surface area contributed by atoms with E-state index in [1.54, 1.807) is 24.8 Å². The number of aryl methyl sites for hydroxylation is 1. The summed E-state index contributed by atoms with van der Waals surface area (Å²) in [4.78, 5) is 16.3. The summed E-state index contributed by atoms with van der Waals surface area (Å²) in [5.41, 5.74) is 2.78. The van der Waals surface area contributed by atoms with Crippen LogP contribution in [0.5, 0.6) is 11.5 Å². The van der Waals surface area contributed by atoms with Crippen molar-refractivity contribution in [2.24, 2.45) is 0 Å². The maximum atomic E-state index is 11.7. The minimum absolute atomic E-state index is 0.348. The number of nitrogens with one attached hydrogen (secondary N) is 4. The molecule has 10 heteroatoms. The van der Waals surface area contributed by atoms with E-state index in [4.69, 9.17) is 9.47 Å². The second kappa shape index (κ2) is 7.14. The number of hydrogen-bond acceptors (Lipinski definition) is 7. The molecule has 3 aromatic rings. The minimum atomic E-state index is -0.348. The van der Waals surface area contributed by atoms with E-state index in [0.29, 0.717) is 47.7 Å². The maximum Gasteiger partial charge on any atom is 0.319 e. The number of aromatic nitrogens is 3. The molecule has 1 aromatic carbocycles. The van der Waals surface area contributed by atoms with Gasteiger partial charge in [0.05, 0.1) is 11.9 Å². The molecule has 0 aliphatic carbocycles. The predicted molar refractivity (Wildman–Crippen MR) is 106 cm³/mol. The molecule has 0 spiro atoms. The van der Waals surface area contributed by atoms with E-state index in [1.807, 2.05) is 25.1 Å². The predicted octanol–water partition coefficient (Wildman–Crippen LogP) is 2.35. The van der Waals surface area contributed by atoms with E-state index in [1.165, 1.54) is 0 Å². The molecule has 0 saturated carbocycles. The van der Waals surface area contributed by atoms with Gasteiger partial charge in [-0.1, -0.05) is 0 Å². The van der Waals surface area contributed by atoms with Crippen LogP contribution in [0.3, 0.4) is 0 Å². The SMILES string of the molecule is CNC(=O)Nc1cnn2c(NC)cc(Nc3cc(C)cc4c3OCCO4)nc12. The van der Waals surface area contributed by atoms with E-state index in [0.717, 1.165) is 11.3 Å². The fraction of sp³-hybridized carbons (Fsp3) is 0.278. The first-order chi connectivity index (χ1) is 13.6. The molecule has 0 saturated heterocycles. The second-order valence-corrected chi connectivity index (χ2v) is 6.24. The third-order valence-electron chi connectivity index (χ3n) is 4.25. The van der Waals surface area contributed by atoms with E-state index < -0.39 is 0 Å². The number of nitrogens with zero attached hydrogens (tertiary/aromatic N) is 3. The molecule has 0 radical (unpaired) electrons. The Balaban J connectivity index is 1.76. The fourth-order valence-corrected chi connectivity index (χ4v) is 3.00. The standard InChI is InChI=1S/C18H21N7O3/c1-10-6-11(16-13(7-10)27-4-5-28-16)22-14-8-15(19-2)25-17(24-14)12(9-21-25)23-18(26)20-3/h6-9,19H,4-5H2,1-3H3,(H,22,24)(H2,20,23,26). The number of amides is 2. The first-order valence-corrected chi connectivity index (χ1v) is 8.81. The molecule has 28 heavy (non-hydrogen) atoms. The van der Waals surface area contributed by atoms with Gasteiger partial charge in [0, 0.05) is 20.2 Å². The van der Waals surface area contributed by atoms with Gasteiger partial charge in [0.15, 0.2) is 17.1 Å². The van der Waals surface area contributed by atoms with Crippen molar-refractivity contribution in [3.8, 4) is 11.5 Å². The van der Waals surface area contributed by atoms with Gasteiger partial charge in [0.2, 0.25) is 0 Å². The topological polar surface area (TPSA) is 114 Å². The van der Waals surface area contributed by atoms with Crippen LogP contribution in [0.4, 0.5) is 27.8 Å². The Hall–Kier alpha value is -3.69. The number of fused-ring (bicyclic) bond motifs is 2. The molecule has 1 aliphatic heterocycles. The van der Waals surface area contributed by atoms with Crippen LogP contribution in [-0.4, -0.2) is 47.9 Å². The number of anilines is 4. The van der Waals surface area contributed by atoms with Gasteiger partial charge in [-0.3, -0.25) is 0 Å². The summed E-state index contributed by atoms with van der Waals surface area (Å²) >= 11 is 0. The highest BCUT2D eigenvalue weighted by molar-refractivity contribution is 5.93. The van der Waals surface area contributed by atoms with E-state index in [9.17, 15) is 4.79 Å². The zero-order chi connectivity index (χ0) is 19.7. The number of hydrogen-bond donors (Lipinski definition) is 4. The Morgan fingerprint density at radius 3 is 2.75 bits per heavy atom. The second-order valence-electron chi connectivity index (χ2n) is 6.24. The molecule has 0 atom stereocenters. The lowest BCUT2D eigenvalue weighted by Gasteiger charge is -2.22. The van der Waals surface area contributed by atoms with Crippen molar-refractivity contribution in [2.75, 3.05) is 43.3 Å². The van der Waals surface area contributed by atoms with Gasteiger partial charge < -0.3 is 30.7 Å². The lowest BCUT2D eigenvalue weighted by molar-refractivity contribution is 0.172. The zero-order valence-corrected chi connectivity index (χ0v) is 15.8. The summed E-state index contributed by atoms with van der Waals surface area (Å²) in [6.45, 7) is 3.00. The van der Waals surface area contributed by atoms with Gasteiger partial charge >= 0.3 is 6.03 Å². The Bertz CT molecular complexity index is 1050. The van der Waals surface area contributed by atoms with E-state index in [2.05, 4.69) is 31.3 Å². The molecule has 4 N–H and O–H groups in total. The molecule has 4 rings (SSSR count). The summed E-state index contributed by atoms with van der Waals surface area (Å²) in [6.07, 6.45) is 1.55. The van der Waals surface area contributed by atoms with Crippen LogP contribution in [0.2, 0.25) is 0 Å². The molecule has 3 heterocycles. The third-order valence-corrected chi connectivity index (χ3v) is 4.25. The fourth-order valence-electron chi connectivity index (χ4n) is 3.00. The summed E-state index contributed by atoms with van der Waals surface area (Å²) < 4.78 is 13.1. The Morgan fingerprint density at radius 2 is 1.96 bits per heavy atom. The number of ether oxygens (including phenoxy) is 2. The van der Waals surface area contributed by atoms with Crippen molar-refractivity contribution in [3.63, 3.8) is 0 Å². The van der Waals surface area contributed by atoms with Crippen LogP contribution in [0.15, 0.2) is 24.4 Å². The first kappa shape index (κ1) is 17.7. The summed E-state index contributed by atoms with van der Waals surface area (Å²) in [6, 6.07) is 5.39. The smallest absolute Gasteiger partial charge is 0.319 e. The van der Waals surface area contributed by atoms with Gasteiger partial charge in [-0.2, -0.15) is 9.61 Å². The van der Waals surface area contributed by atoms with Gasteiger partial charge in [-0.05, 0) is 24.6 Å². The van der Waals surface area contributed by atoms with Crippen molar-refractivity contribution >= 4 is 34.7 Å². The minimum Gasteiger partial charge on any atom is -0.486 e. The first-order valence-electron chi connectivity index (χ1n) is 8.81. The largest absolute Gasteiger partial charge is 0.486 e. The Labute approximate surface area is 161 Å². The molecule has 0 bridgehead atoms. The number of carbonyl (C=O) groups is 1. The molecule has 2 aromatic heterocycles. The average molecular weight is 383 g/mol. The lowest BCUT2D eigenvalue weighted by atomic mass is 10.1. The molecular formula is C18H21N7O3. The maximum absolute atomic E-state index is 11.7. The highest BCUT2D eigenvalue weighted by Crippen LogP contribution is 2.40. The van der Waals surface area contributed by atoms with Crippen LogP contribution in [0.1, 0.15) is 5.56 Å². The molecule has 10 nitrogen and oxygen atoms in total. The van der Waals surface area contributed by atoms with Crippen LogP contribution < -0.4 is 30.7 Å². The molecule has 0 fully saturated rings. The number of urea groups is 1. The quantitative estimate of drug-likeness (QED) is 0.547. The van der Waals surface area contributed by atoms with Gasteiger partial charge in [-0.25, -0.2) is 9.78 Å². The van der Waals surface area contributed by atoms with E-state index >= 15 is 0 Å². The number of benzene rings is 1. The van der Waals surface area contributed by atoms with Crippen molar-refractivity contribution in [3.05, 3.63) is 30.0 Å². The molecule has 0 unspecified atom stereocenters. The third kappa shape index (κ3) is 3.20. The molecule has 1 aliphatic rings. The van der Waals surface area contributed by atoms with Crippen molar-refractivity contribution in [1.29, 1.82) is 0 Å². The van der Waals surface area contributed by atoms with Crippen molar-refractivity contribution < 1.29 is 14.3 Å². The van der Waals surface area contributed by atoms with Crippen LogP contribution in [0, 0.1) is 6.92 Å². The highest BCUT2D eigenvalue weighted by atomic mass is 16.6. The highest BCUT2D eigenvalue weighted by Gasteiger charge is 2.19. The van der Waals surface area contributed by atoms with Crippen molar-refractivity contribution in [1.82, 2.24) is 19.9 Å². The van der Waals surface area contributed by atoms with Gasteiger partial charge in [-0.15, -0.1) is 0 Å². The lowest BCUT2D eigenvalue weighted by Crippen LogP contribution is -2.24. The average Bonchev–Trinajstić information content (AvgIpc) is 3.09. The number of carbonyl (C=O) groups excluding carboxylic acids is 1. The molecule has 146 valence electrons. The zero-order valence-electron chi connectivity index (χ0n) is 15.8. The van der Waals surface area contributed by atoms with Crippen molar-refractivity contribution in [2.45, 2.75) is 6.92 Å². The monoisotopic (exact) mass is 383 g/mol.